The molecular weight excluding hydrogens is 131 g/mol. The molecule has 0 aromatic carbocycles. The molecule has 1 fully saturated rings. The Hall–Kier alpha value is -0.455. The van der Waals surface area contributed by atoms with Crippen LogP contribution in [0.25, 0.3) is 0 Å². The van der Waals surface area contributed by atoms with Crippen LogP contribution in [-0.2, 0) is 0 Å². The van der Waals surface area contributed by atoms with E-state index in [1.54, 1.807) is 0 Å². The maximum absolute atomic E-state index is 5.63. The third-order valence-corrected chi connectivity index (χ3v) is 2.72. The van der Waals surface area contributed by atoms with Crippen LogP contribution in [0.5, 0.6) is 0 Å². The minimum absolute atomic E-state index is 0.628. The maximum Gasteiger partial charge on any atom is 0.0657 e. The van der Waals surface area contributed by atoms with E-state index in [1.807, 2.05) is 12.2 Å². The van der Waals surface area contributed by atoms with Gasteiger partial charge in [0.25, 0.3) is 0 Å². The van der Waals surface area contributed by atoms with Gasteiger partial charge in [0.05, 0.1) is 7.85 Å². The first-order valence-corrected chi connectivity index (χ1v) is 4.27. The van der Waals surface area contributed by atoms with E-state index in [0.717, 1.165) is 6.32 Å². The van der Waals surface area contributed by atoms with Gasteiger partial charge < -0.3 is 0 Å². The lowest BCUT2D eigenvalue weighted by molar-refractivity contribution is 0.504. The molecule has 1 saturated carbocycles. The van der Waals surface area contributed by atoms with Gasteiger partial charge in [-0.3, -0.25) is 0 Å². The highest BCUT2D eigenvalue weighted by molar-refractivity contribution is 6.08. The van der Waals surface area contributed by atoms with Crippen LogP contribution in [0.1, 0.15) is 12.8 Å². The van der Waals surface area contributed by atoms with Gasteiger partial charge in [0.2, 0.25) is 0 Å². The zero-order valence-corrected chi connectivity index (χ0v) is 7.00. The number of hydrogen-bond acceptors (Lipinski definition) is 0. The molecule has 0 aromatic heterocycles. The van der Waals surface area contributed by atoms with Crippen molar-refractivity contribution in [3.63, 3.8) is 0 Å². The number of hydrogen-bond donors (Lipinski definition) is 0. The van der Waals surface area contributed by atoms with Crippen molar-refractivity contribution in [2.75, 3.05) is 0 Å². The van der Waals surface area contributed by atoms with Gasteiger partial charge in [-0.25, -0.2) is 0 Å². The standard InChI is InChI=1S/C10H15B/c1-3-8-5-9(4-2)10(6-8)7-11/h3-4,8-10H,1-2,5-7H2. The first kappa shape index (κ1) is 8.64. The highest BCUT2D eigenvalue weighted by Crippen LogP contribution is 2.39. The quantitative estimate of drug-likeness (QED) is 0.424. The predicted molar refractivity (Wildman–Crippen MR) is 50.7 cm³/mol. The van der Waals surface area contributed by atoms with E-state index in [-0.39, 0.29) is 0 Å². The van der Waals surface area contributed by atoms with Crippen LogP contribution in [0.3, 0.4) is 0 Å². The van der Waals surface area contributed by atoms with Crippen molar-refractivity contribution in [3.8, 4) is 0 Å². The summed E-state index contributed by atoms with van der Waals surface area (Å²) in [7, 11) is 5.63. The van der Waals surface area contributed by atoms with Crippen LogP contribution in [-0.4, -0.2) is 7.85 Å². The lowest BCUT2D eigenvalue weighted by Crippen LogP contribution is -2.02. The summed E-state index contributed by atoms with van der Waals surface area (Å²) in [5.41, 5.74) is 0. The second-order valence-corrected chi connectivity index (χ2v) is 3.36. The molecule has 0 bridgehead atoms. The van der Waals surface area contributed by atoms with Crippen molar-refractivity contribution in [2.24, 2.45) is 17.8 Å². The van der Waals surface area contributed by atoms with Crippen molar-refractivity contribution in [3.05, 3.63) is 25.3 Å². The minimum atomic E-state index is 0.628. The fourth-order valence-electron chi connectivity index (χ4n) is 1.95. The molecule has 58 valence electrons. The zero-order chi connectivity index (χ0) is 8.27. The van der Waals surface area contributed by atoms with Crippen LogP contribution in [0.2, 0.25) is 6.32 Å². The van der Waals surface area contributed by atoms with Crippen molar-refractivity contribution < 1.29 is 0 Å². The number of rotatable bonds is 3. The van der Waals surface area contributed by atoms with E-state index in [9.17, 15) is 0 Å². The molecule has 0 saturated heterocycles. The Labute approximate surface area is 70.8 Å². The fraction of sp³-hybridized carbons (Fsp3) is 0.600. The van der Waals surface area contributed by atoms with Gasteiger partial charge in [-0.05, 0) is 30.6 Å². The van der Waals surface area contributed by atoms with E-state index in [2.05, 4.69) is 13.2 Å². The van der Waals surface area contributed by atoms with Crippen molar-refractivity contribution in [1.82, 2.24) is 0 Å². The first-order valence-electron chi connectivity index (χ1n) is 4.27. The Kier molecular flexibility index (Phi) is 2.98. The SMILES string of the molecule is [B]CC1CC(C=C)CC1C=C. The van der Waals surface area contributed by atoms with Gasteiger partial charge in [0.15, 0.2) is 0 Å². The van der Waals surface area contributed by atoms with Gasteiger partial charge >= 0.3 is 0 Å². The Morgan fingerprint density at radius 3 is 2.36 bits per heavy atom. The molecule has 1 heteroatoms. The normalized spacial score (nSPS) is 36.9. The van der Waals surface area contributed by atoms with Crippen molar-refractivity contribution >= 4 is 7.85 Å². The summed E-state index contributed by atoms with van der Waals surface area (Å²) in [4.78, 5) is 0. The fourth-order valence-corrected chi connectivity index (χ4v) is 1.95. The summed E-state index contributed by atoms with van der Waals surface area (Å²) in [5, 5.41) is 0. The van der Waals surface area contributed by atoms with E-state index in [4.69, 9.17) is 7.85 Å². The summed E-state index contributed by atoms with van der Waals surface area (Å²) in [6, 6.07) is 0. The third kappa shape index (κ3) is 1.77. The van der Waals surface area contributed by atoms with Gasteiger partial charge in [0, 0.05) is 0 Å². The molecule has 1 rings (SSSR count). The topological polar surface area (TPSA) is 0 Å². The molecule has 2 radical (unpaired) electrons. The molecule has 0 spiro atoms. The molecule has 1 aliphatic carbocycles. The largest absolute Gasteiger partial charge is 0.103 e. The Morgan fingerprint density at radius 1 is 1.27 bits per heavy atom. The minimum Gasteiger partial charge on any atom is -0.103 e. The molecule has 3 atom stereocenters. The molecule has 0 amide bonds. The first-order chi connectivity index (χ1) is 5.31. The summed E-state index contributed by atoms with van der Waals surface area (Å²) >= 11 is 0. The Balaban J connectivity index is 2.53. The average molecular weight is 146 g/mol. The van der Waals surface area contributed by atoms with Gasteiger partial charge in [-0.2, -0.15) is 0 Å². The molecule has 0 N–H and O–H groups in total. The highest BCUT2D eigenvalue weighted by Gasteiger charge is 2.28. The van der Waals surface area contributed by atoms with E-state index in [1.165, 1.54) is 12.8 Å². The summed E-state index contributed by atoms with van der Waals surface area (Å²) < 4.78 is 0. The zero-order valence-electron chi connectivity index (χ0n) is 7.00. The van der Waals surface area contributed by atoms with Crippen LogP contribution in [0, 0.1) is 17.8 Å². The molecule has 0 aliphatic heterocycles. The van der Waals surface area contributed by atoms with E-state index < -0.39 is 0 Å². The molecule has 1 aliphatic rings. The highest BCUT2D eigenvalue weighted by atomic mass is 14.3. The van der Waals surface area contributed by atoms with Crippen LogP contribution >= 0.6 is 0 Å². The Morgan fingerprint density at radius 2 is 2.00 bits per heavy atom. The second-order valence-electron chi connectivity index (χ2n) is 3.36. The molecule has 11 heavy (non-hydrogen) atoms. The summed E-state index contributed by atoms with van der Waals surface area (Å²) in [6.07, 6.45) is 7.29. The lowest BCUT2D eigenvalue weighted by atomic mass is 9.84. The number of allylic oxidation sites excluding steroid dienone is 2. The van der Waals surface area contributed by atoms with Gasteiger partial charge in [0.1, 0.15) is 0 Å². The summed E-state index contributed by atoms with van der Waals surface area (Å²) in [6.45, 7) is 7.62. The molecule has 3 unspecified atom stereocenters. The van der Waals surface area contributed by atoms with Gasteiger partial charge in [-0.1, -0.05) is 18.5 Å². The van der Waals surface area contributed by atoms with Crippen LogP contribution < -0.4 is 0 Å². The maximum atomic E-state index is 5.63. The molecule has 0 heterocycles. The van der Waals surface area contributed by atoms with Gasteiger partial charge in [-0.15, -0.1) is 13.2 Å². The van der Waals surface area contributed by atoms with E-state index in [0.29, 0.717) is 17.8 Å². The average Bonchev–Trinajstić information content (AvgIpc) is 2.46. The molecule has 0 aromatic rings. The smallest absolute Gasteiger partial charge is 0.0657 e. The molecule has 0 nitrogen and oxygen atoms in total. The van der Waals surface area contributed by atoms with Crippen LogP contribution in [0.4, 0.5) is 0 Å². The monoisotopic (exact) mass is 146 g/mol. The van der Waals surface area contributed by atoms with E-state index >= 15 is 0 Å². The van der Waals surface area contributed by atoms with Crippen molar-refractivity contribution in [2.45, 2.75) is 19.2 Å². The third-order valence-electron chi connectivity index (χ3n) is 2.72. The van der Waals surface area contributed by atoms with Crippen molar-refractivity contribution in [1.29, 1.82) is 0 Å². The lowest BCUT2D eigenvalue weighted by Gasteiger charge is -2.11. The van der Waals surface area contributed by atoms with Crippen LogP contribution in [0.15, 0.2) is 25.3 Å². The second kappa shape index (κ2) is 3.80. The summed E-state index contributed by atoms with van der Waals surface area (Å²) in [5.74, 6) is 1.95. The predicted octanol–water partition coefficient (Wildman–Crippen LogP) is 2.59. The Bertz CT molecular complexity index is 151. The molecular formula is C10H15B.